The third-order valence-electron chi connectivity index (χ3n) is 4.32. The minimum atomic E-state index is 0.0589. The van der Waals surface area contributed by atoms with E-state index in [1.807, 2.05) is 15.7 Å². The Morgan fingerprint density at radius 1 is 1.32 bits per heavy atom. The van der Waals surface area contributed by atoms with Gasteiger partial charge in [-0.3, -0.25) is 4.79 Å². The van der Waals surface area contributed by atoms with E-state index in [-0.39, 0.29) is 5.91 Å². The van der Waals surface area contributed by atoms with Crippen molar-refractivity contribution >= 4 is 5.91 Å². The molecule has 0 N–H and O–H groups in total. The lowest BCUT2D eigenvalue weighted by Crippen LogP contribution is -2.40. The normalized spacial score (nSPS) is 18.5. The summed E-state index contributed by atoms with van der Waals surface area (Å²) in [7, 11) is 0. The molecule has 4 nitrogen and oxygen atoms in total. The number of hydrogen-bond acceptors (Lipinski definition) is 2. The Balaban J connectivity index is 1.76. The van der Waals surface area contributed by atoms with E-state index < -0.39 is 0 Å². The summed E-state index contributed by atoms with van der Waals surface area (Å²) in [5, 5.41) is 0. The zero-order valence-electron chi connectivity index (χ0n) is 13.3. The second-order valence-electron chi connectivity index (χ2n) is 6.36. The maximum absolute atomic E-state index is 12.7. The summed E-state index contributed by atoms with van der Waals surface area (Å²) >= 11 is 0. The molecule has 2 aromatic rings. The van der Waals surface area contributed by atoms with Gasteiger partial charge in [0.2, 0.25) is 0 Å². The van der Waals surface area contributed by atoms with Crippen LogP contribution in [0, 0.1) is 12.8 Å². The van der Waals surface area contributed by atoms with Gasteiger partial charge in [0.1, 0.15) is 0 Å². The fourth-order valence-electron chi connectivity index (χ4n) is 3.04. The van der Waals surface area contributed by atoms with Crippen molar-refractivity contribution in [3.8, 4) is 0 Å². The van der Waals surface area contributed by atoms with Crippen LogP contribution in [0.25, 0.3) is 0 Å². The van der Waals surface area contributed by atoms with Crippen LogP contribution in [0.5, 0.6) is 0 Å². The Hall–Kier alpha value is -2.10. The number of likely N-dealkylation sites (tertiary alicyclic amines) is 1. The Labute approximate surface area is 131 Å². The molecule has 0 radical (unpaired) electrons. The minimum Gasteiger partial charge on any atom is -0.336 e. The predicted molar refractivity (Wildman–Crippen MR) is 86.8 cm³/mol. The lowest BCUT2D eigenvalue weighted by molar-refractivity contribution is 0.0666. The maximum Gasteiger partial charge on any atom is 0.289 e. The highest BCUT2D eigenvalue weighted by Gasteiger charge is 2.24. The molecule has 1 aromatic carbocycles. The molecule has 3 rings (SSSR count). The van der Waals surface area contributed by atoms with Gasteiger partial charge in [-0.2, -0.15) is 0 Å². The zero-order chi connectivity index (χ0) is 15.5. The highest BCUT2D eigenvalue weighted by Crippen LogP contribution is 2.18. The standard InChI is InChI=1S/C18H23N3O/c1-14-5-7-16(8-6-14)13-20-11-9-19-17(20)18(22)21-10-3-4-15(2)12-21/h5-9,11,15H,3-4,10,12-13H2,1-2H3/t15-/m1/s1. The second kappa shape index (κ2) is 6.34. The molecule has 2 heterocycles. The number of nitrogens with zero attached hydrogens (tertiary/aromatic N) is 3. The van der Waals surface area contributed by atoms with Crippen LogP contribution in [0.4, 0.5) is 0 Å². The molecule has 0 saturated carbocycles. The summed E-state index contributed by atoms with van der Waals surface area (Å²) in [5.74, 6) is 1.19. The van der Waals surface area contributed by atoms with Gasteiger partial charge in [-0.05, 0) is 31.2 Å². The van der Waals surface area contributed by atoms with Gasteiger partial charge in [0.05, 0.1) is 0 Å². The Morgan fingerprint density at radius 3 is 2.82 bits per heavy atom. The molecule has 0 aliphatic carbocycles. The van der Waals surface area contributed by atoms with Crippen molar-refractivity contribution in [2.75, 3.05) is 13.1 Å². The molecule has 1 atom stereocenters. The highest BCUT2D eigenvalue weighted by molar-refractivity contribution is 5.91. The van der Waals surface area contributed by atoms with E-state index in [0.29, 0.717) is 18.3 Å². The number of amides is 1. The molecule has 116 valence electrons. The molecule has 1 aliphatic rings. The quantitative estimate of drug-likeness (QED) is 0.873. The molecule has 1 aliphatic heterocycles. The summed E-state index contributed by atoms with van der Waals surface area (Å²) in [6.45, 7) is 6.66. The first kappa shape index (κ1) is 14.8. The van der Waals surface area contributed by atoms with Crippen molar-refractivity contribution in [2.24, 2.45) is 5.92 Å². The molecular weight excluding hydrogens is 274 g/mol. The van der Waals surface area contributed by atoms with E-state index in [0.717, 1.165) is 19.5 Å². The Morgan fingerprint density at radius 2 is 2.09 bits per heavy atom. The molecule has 22 heavy (non-hydrogen) atoms. The number of imidazole rings is 1. The SMILES string of the molecule is Cc1ccc(Cn2ccnc2C(=O)N2CCC[C@@H](C)C2)cc1. The van der Waals surface area contributed by atoms with Crippen LogP contribution in [0.1, 0.15) is 41.5 Å². The summed E-state index contributed by atoms with van der Waals surface area (Å²) < 4.78 is 1.95. The number of aromatic nitrogens is 2. The molecular formula is C18H23N3O. The summed E-state index contributed by atoms with van der Waals surface area (Å²) in [5.41, 5.74) is 2.43. The van der Waals surface area contributed by atoms with Crippen LogP contribution >= 0.6 is 0 Å². The van der Waals surface area contributed by atoms with E-state index in [1.165, 1.54) is 17.5 Å². The smallest absolute Gasteiger partial charge is 0.289 e. The molecule has 1 saturated heterocycles. The third-order valence-corrected chi connectivity index (χ3v) is 4.32. The zero-order valence-corrected chi connectivity index (χ0v) is 13.3. The summed E-state index contributed by atoms with van der Waals surface area (Å²) in [4.78, 5) is 19.0. The Bertz CT molecular complexity index is 645. The lowest BCUT2D eigenvalue weighted by atomic mass is 10.0. The lowest BCUT2D eigenvalue weighted by Gasteiger charge is -2.30. The van der Waals surface area contributed by atoms with E-state index in [2.05, 4.69) is 43.1 Å². The second-order valence-corrected chi connectivity index (χ2v) is 6.36. The minimum absolute atomic E-state index is 0.0589. The van der Waals surface area contributed by atoms with E-state index >= 15 is 0 Å². The van der Waals surface area contributed by atoms with Crippen molar-refractivity contribution < 1.29 is 4.79 Å². The third kappa shape index (κ3) is 3.21. The van der Waals surface area contributed by atoms with Gasteiger partial charge in [-0.15, -0.1) is 0 Å². The molecule has 0 unspecified atom stereocenters. The average Bonchev–Trinajstić information content (AvgIpc) is 2.97. The van der Waals surface area contributed by atoms with Gasteiger partial charge in [0, 0.05) is 32.0 Å². The molecule has 0 bridgehead atoms. The van der Waals surface area contributed by atoms with Crippen LogP contribution in [0.3, 0.4) is 0 Å². The topological polar surface area (TPSA) is 38.1 Å². The number of hydrogen-bond donors (Lipinski definition) is 0. The van der Waals surface area contributed by atoms with Gasteiger partial charge in [-0.25, -0.2) is 4.98 Å². The summed E-state index contributed by atoms with van der Waals surface area (Å²) in [6, 6.07) is 8.40. The number of carbonyl (C=O) groups excluding carboxylic acids is 1. The van der Waals surface area contributed by atoms with E-state index in [1.54, 1.807) is 6.20 Å². The van der Waals surface area contributed by atoms with Gasteiger partial charge in [0.25, 0.3) is 5.91 Å². The average molecular weight is 297 g/mol. The first-order chi connectivity index (χ1) is 10.6. The molecule has 4 heteroatoms. The van der Waals surface area contributed by atoms with Gasteiger partial charge in [0.15, 0.2) is 5.82 Å². The molecule has 1 aromatic heterocycles. The van der Waals surface area contributed by atoms with Crippen LogP contribution in [-0.4, -0.2) is 33.4 Å². The maximum atomic E-state index is 12.7. The van der Waals surface area contributed by atoms with Gasteiger partial charge >= 0.3 is 0 Å². The largest absolute Gasteiger partial charge is 0.336 e. The van der Waals surface area contributed by atoms with E-state index in [4.69, 9.17) is 0 Å². The fourth-order valence-corrected chi connectivity index (χ4v) is 3.04. The highest BCUT2D eigenvalue weighted by atomic mass is 16.2. The number of piperidine rings is 1. The van der Waals surface area contributed by atoms with Crippen molar-refractivity contribution in [1.29, 1.82) is 0 Å². The van der Waals surface area contributed by atoms with Crippen molar-refractivity contribution in [1.82, 2.24) is 14.5 Å². The van der Waals surface area contributed by atoms with Crippen LogP contribution in [-0.2, 0) is 6.54 Å². The number of rotatable bonds is 3. The summed E-state index contributed by atoms with van der Waals surface area (Å²) in [6.07, 6.45) is 5.91. The molecule has 0 spiro atoms. The Kier molecular flexibility index (Phi) is 4.27. The monoisotopic (exact) mass is 297 g/mol. The predicted octanol–water partition coefficient (Wildman–Crippen LogP) is 3.11. The van der Waals surface area contributed by atoms with Crippen LogP contribution in [0.15, 0.2) is 36.7 Å². The van der Waals surface area contributed by atoms with Crippen molar-refractivity contribution in [3.05, 3.63) is 53.6 Å². The fraction of sp³-hybridized carbons (Fsp3) is 0.444. The van der Waals surface area contributed by atoms with Gasteiger partial charge < -0.3 is 9.47 Å². The first-order valence-electron chi connectivity index (χ1n) is 7.99. The van der Waals surface area contributed by atoms with E-state index in [9.17, 15) is 4.79 Å². The number of benzene rings is 1. The van der Waals surface area contributed by atoms with Crippen molar-refractivity contribution in [2.45, 2.75) is 33.2 Å². The van der Waals surface area contributed by atoms with Gasteiger partial charge in [-0.1, -0.05) is 36.8 Å². The first-order valence-corrected chi connectivity index (χ1v) is 7.99. The number of carbonyl (C=O) groups is 1. The van der Waals surface area contributed by atoms with Crippen molar-refractivity contribution in [3.63, 3.8) is 0 Å². The molecule has 1 amide bonds. The number of aryl methyl sites for hydroxylation is 1. The van der Waals surface area contributed by atoms with Crippen LogP contribution < -0.4 is 0 Å². The van der Waals surface area contributed by atoms with Crippen LogP contribution in [0.2, 0.25) is 0 Å². The molecule has 1 fully saturated rings.